The van der Waals surface area contributed by atoms with Gasteiger partial charge in [-0.1, -0.05) is 24.3 Å². The number of allylic oxidation sites excluding steroid dienone is 5. The SMILES string of the molecule is O=C1CCC(c2ccc(NC=C3C=CC=CC3=[N+]([O-])[O-])cc2)=NN1. The number of nitrogens with one attached hydrogen (secondary N) is 2. The maximum Gasteiger partial charge on any atom is 0.240 e. The van der Waals surface area contributed by atoms with Crippen LogP contribution in [0.1, 0.15) is 18.4 Å². The number of hydrogen-bond acceptors (Lipinski definition) is 5. The van der Waals surface area contributed by atoms with Crippen LogP contribution in [0.4, 0.5) is 5.69 Å². The van der Waals surface area contributed by atoms with E-state index in [0.717, 1.165) is 17.0 Å². The zero-order valence-corrected chi connectivity index (χ0v) is 12.7. The monoisotopic (exact) mass is 323 g/mol. The Morgan fingerprint density at radius 3 is 2.54 bits per heavy atom. The van der Waals surface area contributed by atoms with Gasteiger partial charge >= 0.3 is 0 Å². The molecular weight excluding hydrogens is 308 g/mol. The Balaban J connectivity index is 1.72. The van der Waals surface area contributed by atoms with Crippen LogP contribution in [0.25, 0.3) is 0 Å². The van der Waals surface area contributed by atoms with Crippen LogP contribution >= 0.6 is 0 Å². The van der Waals surface area contributed by atoms with Gasteiger partial charge in [-0.05, 0) is 23.8 Å². The van der Waals surface area contributed by atoms with Crippen LogP contribution in [0.15, 0.2) is 65.4 Å². The minimum absolute atomic E-state index is 0.0499. The summed E-state index contributed by atoms with van der Waals surface area (Å²) in [6.45, 7) is 0. The molecular formula is C17H15N4O3-. The smallest absolute Gasteiger partial charge is 0.240 e. The average Bonchev–Trinajstić information content (AvgIpc) is 2.61. The topological polar surface area (TPSA) is 103 Å². The molecule has 3 rings (SSSR count). The van der Waals surface area contributed by atoms with Crippen molar-refractivity contribution in [3.05, 3.63) is 76.3 Å². The molecule has 0 bridgehead atoms. The minimum atomic E-state index is -0.411. The van der Waals surface area contributed by atoms with E-state index < -0.39 is 4.90 Å². The summed E-state index contributed by atoms with van der Waals surface area (Å²) in [4.78, 5) is 10.7. The third-order valence-corrected chi connectivity index (χ3v) is 3.65. The summed E-state index contributed by atoms with van der Waals surface area (Å²) in [7, 11) is 0. The second-order valence-electron chi connectivity index (χ2n) is 5.28. The van der Waals surface area contributed by atoms with Gasteiger partial charge in [0.15, 0.2) is 0 Å². The van der Waals surface area contributed by atoms with Gasteiger partial charge in [0.05, 0.1) is 11.3 Å². The number of hydrazone groups is 1. The lowest BCUT2D eigenvalue weighted by Crippen LogP contribution is -2.25. The molecule has 0 atom stereocenters. The zero-order chi connectivity index (χ0) is 16.9. The van der Waals surface area contributed by atoms with Gasteiger partial charge in [0.1, 0.15) is 0 Å². The van der Waals surface area contributed by atoms with Crippen LogP contribution in [-0.4, -0.2) is 22.2 Å². The van der Waals surface area contributed by atoms with Gasteiger partial charge in [0.25, 0.3) is 0 Å². The van der Waals surface area contributed by atoms with E-state index in [4.69, 9.17) is 0 Å². The average molecular weight is 323 g/mol. The first kappa shape index (κ1) is 15.5. The van der Waals surface area contributed by atoms with E-state index in [2.05, 4.69) is 15.8 Å². The molecule has 0 radical (unpaired) electrons. The third kappa shape index (κ3) is 3.52. The number of anilines is 1. The first-order valence-electron chi connectivity index (χ1n) is 7.42. The molecule has 7 nitrogen and oxygen atoms in total. The van der Waals surface area contributed by atoms with Crippen molar-refractivity contribution in [1.29, 1.82) is 0 Å². The predicted octanol–water partition coefficient (Wildman–Crippen LogP) is 2.17. The van der Waals surface area contributed by atoms with Gasteiger partial charge in [-0.15, -0.1) is 0 Å². The molecule has 1 aromatic rings. The van der Waals surface area contributed by atoms with Crippen molar-refractivity contribution in [2.24, 2.45) is 5.10 Å². The number of carbonyl (C=O) groups is 1. The van der Waals surface area contributed by atoms with Crippen molar-refractivity contribution in [3.8, 4) is 0 Å². The molecule has 1 aliphatic heterocycles. The lowest BCUT2D eigenvalue weighted by atomic mass is 10.0. The number of nitrogens with zero attached hydrogens (tertiary/aromatic N) is 2. The maximum absolute atomic E-state index is 11.1. The van der Waals surface area contributed by atoms with Crippen molar-refractivity contribution < 1.29 is 9.70 Å². The second kappa shape index (κ2) is 6.82. The van der Waals surface area contributed by atoms with Crippen LogP contribution in [0.3, 0.4) is 0 Å². The molecule has 0 saturated heterocycles. The summed E-state index contributed by atoms with van der Waals surface area (Å²) in [5.41, 5.74) is 5.60. The van der Waals surface area contributed by atoms with Crippen LogP contribution < -0.4 is 10.7 Å². The number of amides is 1. The Labute approximate surface area is 138 Å². The van der Waals surface area contributed by atoms with Gasteiger partial charge in [-0.2, -0.15) is 10.0 Å². The molecule has 1 aromatic carbocycles. The highest BCUT2D eigenvalue weighted by Crippen LogP contribution is 2.15. The Kier molecular flexibility index (Phi) is 4.42. The number of hydrogen-bond donors (Lipinski definition) is 2. The molecule has 2 N–H and O–H groups in total. The molecule has 2 aliphatic rings. The molecule has 1 amide bonds. The Bertz CT molecular complexity index is 798. The van der Waals surface area contributed by atoms with Gasteiger partial charge < -0.3 is 15.7 Å². The molecule has 7 heteroatoms. The Hall–Kier alpha value is -3.35. The third-order valence-electron chi connectivity index (χ3n) is 3.65. The lowest BCUT2D eigenvalue weighted by Gasteiger charge is -2.13. The van der Waals surface area contributed by atoms with Crippen LogP contribution in [0.5, 0.6) is 0 Å². The Morgan fingerprint density at radius 1 is 1.12 bits per heavy atom. The number of carbonyl (C=O) groups excluding carboxylic acids is 1. The molecule has 0 saturated carbocycles. The van der Waals surface area contributed by atoms with Gasteiger partial charge in [-0.25, -0.2) is 5.43 Å². The van der Waals surface area contributed by atoms with E-state index >= 15 is 0 Å². The maximum atomic E-state index is 11.1. The van der Waals surface area contributed by atoms with Crippen molar-refractivity contribution in [1.82, 2.24) is 5.43 Å². The van der Waals surface area contributed by atoms with E-state index in [1.165, 1.54) is 6.08 Å². The summed E-state index contributed by atoms with van der Waals surface area (Å²) in [5, 5.41) is 29.1. The van der Waals surface area contributed by atoms with E-state index in [0.29, 0.717) is 18.4 Å². The van der Waals surface area contributed by atoms with E-state index in [1.54, 1.807) is 24.4 Å². The largest absolute Gasteiger partial charge is 0.612 e. The number of rotatable bonds is 3. The summed E-state index contributed by atoms with van der Waals surface area (Å²) < 4.78 is 0. The summed E-state index contributed by atoms with van der Waals surface area (Å²) in [5.74, 6) is -0.0731. The quantitative estimate of drug-likeness (QED) is 0.657. The normalized spacial score (nSPS) is 18.3. The molecule has 0 spiro atoms. The fourth-order valence-electron chi connectivity index (χ4n) is 2.38. The van der Waals surface area contributed by atoms with Crippen LogP contribution in [0, 0.1) is 10.4 Å². The van der Waals surface area contributed by atoms with Gasteiger partial charge in [0, 0.05) is 30.8 Å². The van der Waals surface area contributed by atoms with Crippen LogP contribution in [0.2, 0.25) is 0 Å². The predicted molar refractivity (Wildman–Crippen MR) is 92.3 cm³/mol. The van der Waals surface area contributed by atoms with E-state index in [1.807, 2.05) is 24.3 Å². The molecule has 24 heavy (non-hydrogen) atoms. The van der Waals surface area contributed by atoms with Gasteiger partial charge in [-0.3, -0.25) is 4.79 Å². The molecule has 1 heterocycles. The van der Waals surface area contributed by atoms with Crippen molar-refractivity contribution in [2.45, 2.75) is 12.8 Å². The lowest BCUT2D eigenvalue weighted by molar-refractivity contribution is -0.377. The molecule has 1 aliphatic carbocycles. The fraction of sp³-hybridized carbons (Fsp3) is 0.118. The fourth-order valence-corrected chi connectivity index (χ4v) is 2.38. The van der Waals surface area contributed by atoms with E-state index in [9.17, 15) is 15.2 Å². The summed E-state index contributed by atoms with van der Waals surface area (Å²) in [6.07, 6.45) is 9.18. The van der Waals surface area contributed by atoms with Crippen molar-refractivity contribution in [3.63, 3.8) is 0 Å². The van der Waals surface area contributed by atoms with Crippen molar-refractivity contribution >= 4 is 23.0 Å². The molecule has 0 fully saturated rings. The van der Waals surface area contributed by atoms with Crippen LogP contribution in [-0.2, 0) is 4.79 Å². The molecule has 122 valence electrons. The second-order valence-corrected chi connectivity index (χ2v) is 5.28. The summed E-state index contributed by atoms with van der Waals surface area (Å²) in [6, 6.07) is 7.51. The standard InChI is InChI=1S/C17H15N4O3/c22-17-10-9-15(19-20-17)12-5-7-14(8-6-12)18-11-13-3-1-2-4-16(13)21(23)24/h1-8,11H,9-10H2,(H2-,18,19,20,22,23,24)/q-1. The summed E-state index contributed by atoms with van der Waals surface area (Å²) >= 11 is 0. The highest BCUT2D eigenvalue weighted by molar-refractivity contribution is 6.08. The minimum Gasteiger partial charge on any atom is -0.612 e. The Morgan fingerprint density at radius 2 is 1.88 bits per heavy atom. The zero-order valence-electron chi connectivity index (χ0n) is 12.7. The highest BCUT2D eigenvalue weighted by atomic mass is 16.8. The number of benzene rings is 1. The van der Waals surface area contributed by atoms with Crippen molar-refractivity contribution in [2.75, 3.05) is 5.32 Å². The van der Waals surface area contributed by atoms with Gasteiger partial charge in [0.2, 0.25) is 11.6 Å². The first-order valence-corrected chi connectivity index (χ1v) is 7.42. The first-order chi connectivity index (χ1) is 11.6. The molecule has 0 unspecified atom stereocenters. The highest BCUT2D eigenvalue weighted by Gasteiger charge is 2.13. The molecule has 0 aromatic heterocycles. The van der Waals surface area contributed by atoms with E-state index in [-0.39, 0.29) is 11.6 Å².